The highest BCUT2D eigenvalue weighted by molar-refractivity contribution is 6.30. The number of carbonyl (C=O) groups is 3. The van der Waals surface area contributed by atoms with Crippen LogP contribution in [-0.2, 0) is 33.7 Å². The Labute approximate surface area is 264 Å². The van der Waals surface area contributed by atoms with E-state index in [1.54, 1.807) is 32.9 Å². The average Bonchev–Trinajstić information content (AvgIpc) is 3.00. The second kappa shape index (κ2) is 13.3. The van der Waals surface area contributed by atoms with E-state index < -0.39 is 23.8 Å². The van der Waals surface area contributed by atoms with Gasteiger partial charge in [0.25, 0.3) is 0 Å². The summed E-state index contributed by atoms with van der Waals surface area (Å²) in [6.45, 7) is 6.77. The molecule has 0 radical (unpaired) electrons. The number of nitrogens with zero attached hydrogens (tertiary/aromatic N) is 2. The Morgan fingerprint density at radius 2 is 1.59 bits per heavy atom. The maximum atomic E-state index is 14.1. The Hall–Kier alpha value is -4.04. The van der Waals surface area contributed by atoms with E-state index in [9.17, 15) is 14.4 Å². The number of hydrogen-bond acceptors (Lipinski definition) is 5. The van der Waals surface area contributed by atoms with Crippen molar-refractivity contribution in [2.24, 2.45) is 0 Å². The van der Waals surface area contributed by atoms with Crippen LogP contribution >= 0.6 is 11.6 Å². The molecule has 3 aromatic carbocycles. The van der Waals surface area contributed by atoms with Gasteiger partial charge in [-0.1, -0.05) is 66.2 Å². The van der Waals surface area contributed by atoms with Gasteiger partial charge < -0.3 is 20.7 Å². The molecule has 2 atom stereocenters. The molecule has 5 rings (SSSR count). The molecule has 0 bridgehead atoms. The third-order valence-corrected chi connectivity index (χ3v) is 8.64. The Morgan fingerprint density at radius 1 is 0.955 bits per heavy atom. The average molecular weight is 617 g/mol. The number of likely N-dealkylation sites (tertiary alicyclic amines) is 1. The minimum absolute atomic E-state index is 0.146. The molecule has 1 saturated heterocycles. The zero-order valence-electron chi connectivity index (χ0n) is 25.6. The molecule has 0 aliphatic carbocycles. The number of benzene rings is 3. The van der Waals surface area contributed by atoms with Crippen LogP contribution in [0.2, 0.25) is 5.02 Å². The van der Waals surface area contributed by atoms with E-state index in [1.807, 2.05) is 59.5 Å². The molecule has 0 saturated carbocycles. The van der Waals surface area contributed by atoms with Gasteiger partial charge in [0.05, 0.1) is 6.54 Å². The fourth-order valence-corrected chi connectivity index (χ4v) is 6.23. The molecular weight excluding hydrogens is 576 g/mol. The fraction of sp³-hybridized carbons (Fsp3) is 0.400. The van der Waals surface area contributed by atoms with Gasteiger partial charge in [-0.05, 0) is 80.0 Å². The predicted molar refractivity (Wildman–Crippen MR) is 172 cm³/mol. The molecule has 44 heavy (non-hydrogen) atoms. The maximum absolute atomic E-state index is 14.1. The summed E-state index contributed by atoms with van der Waals surface area (Å²) in [5, 5.41) is 3.64. The molecule has 8 nitrogen and oxygen atoms in total. The van der Waals surface area contributed by atoms with Gasteiger partial charge in [-0.3, -0.25) is 14.5 Å². The van der Waals surface area contributed by atoms with Crippen molar-refractivity contribution in [2.45, 2.75) is 76.6 Å². The number of carbonyl (C=O) groups excluding carboxylic acids is 3. The van der Waals surface area contributed by atoms with Crippen molar-refractivity contribution < 1.29 is 19.1 Å². The molecule has 232 valence electrons. The molecule has 0 spiro atoms. The van der Waals surface area contributed by atoms with E-state index in [4.69, 9.17) is 22.1 Å². The van der Waals surface area contributed by atoms with Gasteiger partial charge in [0.1, 0.15) is 17.7 Å². The summed E-state index contributed by atoms with van der Waals surface area (Å²) in [7, 11) is 0. The van der Waals surface area contributed by atoms with E-state index in [0.717, 1.165) is 40.8 Å². The summed E-state index contributed by atoms with van der Waals surface area (Å²) in [5.41, 5.74) is 10.2. The molecule has 3 N–H and O–H groups in total. The summed E-state index contributed by atoms with van der Waals surface area (Å²) in [6, 6.07) is 21.3. The highest BCUT2D eigenvalue weighted by atomic mass is 35.5. The third kappa shape index (κ3) is 7.53. The van der Waals surface area contributed by atoms with Gasteiger partial charge in [-0.25, -0.2) is 4.79 Å². The van der Waals surface area contributed by atoms with Gasteiger partial charge in [-0.2, -0.15) is 0 Å². The summed E-state index contributed by atoms with van der Waals surface area (Å²) < 4.78 is 5.69. The first-order chi connectivity index (χ1) is 21.0. The molecule has 3 aromatic rings. The second-order valence-electron chi connectivity index (χ2n) is 12.7. The lowest BCUT2D eigenvalue weighted by molar-refractivity contribution is -0.138. The van der Waals surface area contributed by atoms with Gasteiger partial charge in [-0.15, -0.1) is 0 Å². The summed E-state index contributed by atoms with van der Waals surface area (Å²) in [4.78, 5) is 44.7. The van der Waals surface area contributed by atoms with Crippen molar-refractivity contribution in [2.75, 3.05) is 18.8 Å². The Balaban J connectivity index is 1.36. The Morgan fingerprint density at radius 3 is 2.25 bits per heavy atom. The smallest absolute Gasteiger partial charge is 0.411 e. The zero-order chi connectivity index (χ0) is 31.4. The van der Waals surface area contributed by atoms with Crippen LogP contribution in [0.15, 0.2) is 72.8 Å². The quantitative estimate of drug-likeness (QED) is 0.345. The van der Waals surface area contributed by atoms with Gasteiger partial charge in [0.2, 0.25) is 11.8 Å². The number of fused-ring (bicyclic) bond motifs is 1. The van der Waals surface area contributed by atoms with Crippen molar-refractivity contribution in [3.05, 3.63) is 100 Å². The van der Waals surface area contributed by atoms with Gasteiger partial charge in [0, 0.05) is 36.6 Å². The van der Waals surface area contributed by atoms with E-state index in [1.165, 1.54) is 4.90 Å². The van der Waals surface area contributed by atoms with Crippen LogP contribution in [-0.4, -0.2) is 58.5 Å². The molecule has 3 amide bonds. The first-order valence-corrected chi connectivity index (χ1v) is 15.6. The number of rotatable bonds is 6. The molecule has 0 aromatic heterocycles. The molecule has 2 heterocycles. The lowest BCUT2D eigenvalue weighted by Gasteiger charge is -2.38. The van der Waals surface area contributed by atoms with Crippen LogP contribution in [0.25, 0.3) is 0 Å². The number of nitrogens with one attached hydrogen (secondary N) is 1. The number of hydrogen-bond donors (Lipinski definition) is 2. The van der Waals surface area contributed by atoms with Crippen molar-refractivity contribution >= 4 is 35.2 Å². The molecule has 2 aliphatic rings. The predicted octanol–water partition coefficient (Wildman–Crippen LogP) is 5.72. The maximum Gasteiger partial charge on any atom is 0.411 e. The topological polar surface area (TPSA) is 105 Å². The molecular formula is C35H41ClN4O4. The van der Waals surface area contributed by atoms with Gasteiger partial charge in [0.15, 0.2) is 0 Å². The second-order valence-corrected chi connectivity index (χ2v) is 13.2. The number of para-hydroxylation sites is 1. The summed E-state index contributed by atoms with van der Waals surface area (Å²) >= 11 is 6.12. The highest BCUT2D eigenvalue weighted by Crippen LogP contribution is 2.32. The van der Waals surface area contributed by atoms with E-state index >= 15 is 0 Å². The standard InChI is InChI=1S/C35H41ClN4O4/c1-35(2,3)44-34(43)40-22-26-9-5-4-8-25(26)21-31(40)32(41)38-30(20-23-12-14-27(36)15-13-23)33(42)39-18-16-24(17-19-39)28-10-6-7-11-29(28)37/h4-15,24,30-31H,16-22,37H2,1-3H3,(H,38,41). The number of anilines is 1. The lowest BCUT2D eigenvalue weighted by Crippen LogP contribution is -2.58. The lowest BCUT2D eigenvalue weighted by atomic mass is 9.88. The minimum atomic E-state index is -0.827. The largest absolute Gasteiger partial charge is 0.444 e. The molecule has 2 unspecified atom stereocenters. The monoisotopic (exact) mass is 616 g/mol. The number of nitrogen functional groups attached to an aromatic ring is 1. The number of nitrogens with two attached hydrogens (primary N) is 1. The SMILES string of the molecule is CC(C)(C)OC(=O)N1Cc2ccccc2CC1C(=O)NC(Cc1ccc(Cl)cc1)C(=O)N1CCC(c2ccccc2N)CC1. The zero-order valence-corrected chi connectivity index (χ0v) is 26.3. The Kier molecular flexibility index (Phi) is 9.49. The third-order valence-electron chi connectivity index (χ3n) is 8.39. The normalized spacial score (nSPS) is 17.9. The molecule has 2 aliphatic heterocycles. The number of amides is 3. The van der Waals surface area contributed by atoms with E-state index in [2.05, 4.69) is 11.4 Å². The van der Waals surface area contributed by atoms with Gasteiger partial charge >= 0.3 is 6.09 Å². The van der Waals surface area contributed by atoms with Crippen molar-refractivity contribution in [3.63, 3.8) is 0 Å². The molecule has 1 fully saturated rings. The summed E-state index contributed by atoms with van der Waals surface area (Å²) in [6.07, 6.45) is 1.63. The fourth-order valence-electron chi connectivity index (χ4n) is 6.11. The van der Waals surface area contributed by atoms with Crippen LogP contribution in [0, 0.1) is 0 Å². The van der Waals surface area contributed by atoms with Crippen LogP contribution in [0.3, 0.4) is 0 Å². The highest BCUT2D eigenvalue weighted by Gasteiger charge is 2.39. The molecule has 9 heteroatoms. The van der Waals surface area contributed by atoms with Crippen molar-refractivity contribution in [3.8, 4) is 0 Å². The van der Waals surface area contributed by atoms with Crippen LogP contribution in [0.1, 0.15) is 61.8 Å². The van der Waals surface area contributed by atoms with Crippen LogP contribution in [0.4, 0.5) is 10.5 Å². The van der Waals surface area contributed by atoms with E-state index in [0.29, 0.717) is 31.0 Å². The first-order valence-electron chi connectivity index (χ1n) is 15.2. The summed E-state index contributed by atoms with van der Waals surface area (Å²) in [5.74, 6) is -0.258. The number of halogens is 1. The number of piperidine rings is 1. The van der Waals surface area contributed by atoms with Crippen LogP contribution in [0.5, 0.6) is 0 Å². The van der Waals surface area contributed by atoms with Crippen molar-refractivity contribution in [1.82, 2.24) is 15.1 Å². The first kappa shape index (κ1) is 31.4. The van der Waals surface area contributed by atoms with Crippen molar-refractivity contribution in [1.29, 1.82) is 0 Å². The van der Waals surface area contributed by atoms with Crippen LogP contribution < -0.4 is 11.1 Å². The Bertz CT molecular complexity index is 1500. The minimum Gasteiger partial charge on any atom is -0.444 e. The van der Waals surface area contributed by atoms with E-state index in [-0.39, 0.29) is 24.3 Å². The number of ether oxygens (including phenoxy) is 1.